The van der Waals surface area contributed by atoms with E-state index in [0.717, 1.165) is 48.5 Å². The van der Waals surface area contributed by atoms with Crippen molar-refractivity contribution in [3.63, 3.8) is 0 Å². The molecule has 5 nitrogen and oxygen atoms in total. The fraction of sp³-hybridized carbons (Fsp3) is 0.385. The second-order valence-corrected chi connectivity index (χ2v) is 8.69. The van der Waals surface area contributed by atoms with Gasteiger partial charge in [0.25, 0.3) is 0 Å². The Morgan fingerprint density at radius 2 is 2.00 bits per heavy atom. The first kappa shape index (κ1) is 19.9. The van der Waals surface area contributed by atoms with Crippen molar-refractivity contribution in [2.24, 2.45) is 11.8 Å². The van der Waals surface area contributed by atoms with Crippen molar-refractivity contribution >= 4 is 5.97 Å². The van der Waals surface area contributed by atoms with Crippen LogP contribution >= 0.6 is 0 Å². The van der Waals surface area contributed by atoms with Gasteiger partial charge in [0.15, 0.2) is 0 Å². The molecule has 5 heteroatoms. The van der Waals surface area contributed by atoms with Crippen molar-refractivity contribution in [3.05, 3.63) is 71.1 Å². The number of aliphatic carboxylic acids is 1. The van der Waals surface area contributed by atoms with E-state index in [0.29, 0.717) is 24.8 Å². The van der Waals surface area contributed by atoms with Crippen LogP contribution in [0.2, 0.25) is 0 Å². The minimum absolute atomic E-state index is 0.142. The second kappa shape index (κ2) is 8.22. The van der Waals surface area contributed by atoms with E-state index in [1.807, 2.05) is 43.3 Å². The first-order valence-corrected chi connectivity index (χ1v) is 11.1. The SMILES string of the molecule is Cc1oc(-c2ccccc2)nc1CCOc1ccc2c(c1)CCC2C(C(=O)O)C1CC1. The lowest BCUT2D eigenvalue weighted by atomic mass is 9.84. The average molecular weight is 418 g/mol. The van der Waals surface area contributed by atoms with Gasteiger partial charge in [-0.15, -0.1) is 0 Å². The number of carbonyl (C=O) groups is 1. The fourth-order valence-electron chi connectivity index (χ4n) is 4.88. The molecule has 2 aliphatic carbocycles. The van der Waals surface area contributed by atoms with Gasteiger partial charge in [0, 0.05) is 12.0 Å². The Morgan fingerprint density at radius 1 is 1.19 bits per heavy atom. The van der Waals surface area contributed by atoms with Gasteiger partial charge in [-0.1, -0.05) is 24.3 Å². The molecule has 1 N–H and O–H groups in total. The number of hydrogen-bond acceptors (Lipinski definition) is 4. The van der Waals surface area contributed by atoms with E-state index in [4.69, 9.17) is 9.15 Å². The van der Waals surface area contributed by atoms with Crippen LogP contribution in [0.3, 0.4) is 0 Å². The Morgan fingerprint density at radius 3 is 2.74 bits per heavy atom. The number of aryl methyl sites for hydroxylation is 2. The smallest absolute Gasteiger partial charge is 0.307 e. The molecule has 0 amide bonds. The summed E-state index contributed by atoms with van der Waals surface area (Å²) in [7, 11) is 0. The molecular weight excluding hydrogens is 390 g/mol. The van der Waals surface area contributed by atoms with Crippen molar-refractivity contribution in [2.75, 3.05) is 6.61 Å². The number of fused-ring (bicyclic) bond motifs is 1. The van der Waals surface area contributed by atoms with Crippen molar-refractivity contribution in [1.29, 1.82) is 0 Å². The number of oxazole rings is 1. The highest BCUT2D eigenvalue weighted by molar-refractivity contribution is 5.73. The van der Waals surface area contributed by atoms with Crippen LogP contribution in [-0.2, 0) is 17.6 Å². The zero-order chi connectivity index (χ0) is 21.4. The largest absolute Gasteiger partial charge is 0.493 e. The molecule has 2 aliphatic rings. The Hall–Kier alpha value is -3.08. The third-order valence-corrected chi connectivity index (χ3v) is 6.61. The van der Waals surface area contributed by atoms with E-state index < -0.39 is 5.97 Å². The Labute approximate surface area is 182 Å². The van der Waals surface area contributed by atoms with Crippen LogP contribution in [0.5, 0.6) is 5.75 Å². The summed E-state index contributed by atoms with van der Waals surface area (Å²) in [4.78, 5) is 16.4. The van der Waals surface area contributed by atoms with Gasteiger partial charge in [0.2, 0.25) is 5.89 Å². The maximum absolute atomic E-state index is 11.8. The molecule has 0 bridgehead atoms. The highest BCUT2D eigenvalue weighted by Crippen LogP contribution is 2.49. The molecule has 2 atom stereocenters. The first-order valence-electron chi connectivity index (χ1n) is 11.1. The number of rotatable bonds is 8. The summed E-state index contributed by atoms with van der Waals surface area (Å²) >= 11 is 0. The summed E-state index contributed by atoms with van der Waals surface area (Å²) < 4.78 is 11.8. The lowest BCUT2D eigenvalue weighted by Gasteiger charge is -2.20. The van der Waals surface area contributed by atoms with Gasteiger partial charge >= 0.3 is 5.97 Å². The van der Waals surface area contributed by atoms with Crippen LogP contribution in [-0.4, -0.2) is 22.7 Å². The zero-order valence-corrected chi connectivity index (χ0v) is 17.7. The van der Waals surface area contributed by atoms with Crippen molar-refractivity contribution in [2.45, 2.75) is 44.9 Å². The van der Waals surface area contributed by atoms with E-state index in [1.54, 1.807) is 0 Å². The average Bonchev–Trinajstić information content (AvgIpc) is 3.41. The third-order valence-electron chi connectivity index (χ3n) is 6.61. The molecule has 0 spiro atoms. The van der Waals surface area contributed by atoms with Gasteiger partial charge < -0.3 is 14.3 Å². The highest BCUT2D eigenvalue weighted by Gasteiger charge is 2.44. The van der Waals surface area contributed by atoms with Crippen LogP contribution in [0, 0.1) is 18.8 Å². The number of nitrogens with zero attached hydrogens (tertiary/aromatic N) is 1. The van der Waals surface area contributed by atoms with Gasteiger partial charge in [-0.05, 0) is 79.8 Å². The van der Waals surface area contributed by atoms with Crippen LogP contribution < -0.4 is 4.74 Å². The number of aromatic nitrogens is 1. The normalized spacial score (nSPS) is 18.5. The molecule has 1 saturated carbocycles. The summed E-state index contributed by atoms with van der Waals surface area (Å²) in [6.45, 7) is 2.45. The molecule has 2 aromatic carbocycles. The molecule has 5 rings (SSSR count). The van der Waals surface area contributed by atoms with Crippen LogP contribution in [0.1, 0.15) is 47.8 Å². The van der Waals surface area contributed by atoms with E-state index >= 15 is 0 Å². The molecule has 1 fully saturated rings. The van der Waals surface area contributed by atoms with Crippen molar-refractivity contribution in [3.8, 4) is 17.2 Å². The zero-order valence-electron chi connectivity index (χ0n) is 17.7. The Balaban J connectivity index is 1.23. The Bertz CT molecular complexity index is 1080. The number of carboxylic acids is 1. The van der Waals surface area contributed by atoms with Gasteiger partial charge in [0.05, 0.1) is 18.2 Å². The summed E-state index contributed by atoms with van der Waals surface area (Å²) in [6.07, 6.45) is 4.63. The van der Waals surface area contributed by atoms with Crippen molar-refractivity contribution in [1.82, 2.24) is 4.98 Å². The molecule has 160 valence electrons. The Kier molecular flexibility index (Phi) is 5.26. The molecule has 31 heavy (non-hydrogen) atoms. The first-order chi connectivity index (χ1) is 15.1. The minimum Gasteiger partial charge on any atom is -0.493 e. The van der Waals surface area contributed by atoms with Crippen LogP contribution in [0.15, 0.2) is 52.9 Å². The number of benzene rings is 2. The molecule has 3 aromatic rings. The van der Waals surface area contributed by atoms with Gasteiger partial charge in [-0.2, -0.15) is 0 Å². The van der Waals surface area contributed by atoms with E-state index in [-0.39, 0.29) is 11.8 Å². The molecule has 0 aliphatic heterocycles. The third kappa shape index (κ3) is 4.09. The maximum atomic E-state index is 11.8. The number of hydrogen-bond donors (Lipinski definition) is 1. The van der Waals surface area contributed by atoms with Crippen LogP contribution in [0.25, 0.3) is 11.5 Å². The van der Waals surface area contributed by atoms with E-state index in [9.17, 15) is 9.90 Å². The van der Waals surface area contributed by atoms with Gasteiger partial charge in [-0.25, -0.2) is 4.98 Å². The van der Waals surface area contributed by atoms with Gasteiger partial charge in [-0.3, -0.25) is 4.79 Å². The monoisotopic (exact) mass is 417 g/mol. The lowest BCUT2D eigenvalue weighted by molar-refractivity contribution is -0.143. The number of ether oxygens (including phenoxy) is 1. The predicted molar refractivity (Wildman–Crippen MR) is 117 cm³/mol. The van der Waals surface area contributed by atoms with Gasteiger partial charge in [0.1, 0.15) is 11.5 Å². The van der Waals surface area contributed by atoms with Crippen LogP contribution in [0.4, 0.5) is 0 Å². The predicted octanol–water partition coefficient (Wildman–Crippen LogP) is 5.41. The molecule has 2 unspecified atom stereocenters. The minimum atomic E-state index is -0.640. The topological polar surface area (TPSA) is 72.6 Å². The van der Waals surface area contributed by atoms with E-state index in [1.165, 1.54) is 11.1 Å². The summed E-state index contributed by atoms with van der Waals surface area (Å²) in [5.41, 5.74) is 4.32. The fourth-order valence-corrected chi connectivity index (χ4v) is 4.88. The summed E-state index contributed by atoms with van der Waals surface area (Å²) in [6, 6.07) is 16.0. The molecule has 0 saturated heterocycles. The molecule has 1 heterocycles. The maximum Gasteiger partial charge on any atom is 0.307 e. The number of carboxylic acid groups (broad SMARTS) is 1. The molecular formula is C26H27NO4. The highest BCUT2D eigenvalue weighted by atomic mass is 16.5. The second-order valence-electron chi connectivity index (χ2n) is 8.69. The lowest BCUT2D eigenvalue weighted by Crippen LogP contribution is -2.22. The quantitative estimate of drug-likeness (QED) is 0.530. The summed E-state index contributed by atoms with van der Waals surface area (Å²) in [5.74, 6) is 1.92. The van der Waals surface area contributed by atoms with E-state index in [2.05, 4.69) is 17.1 Å². The molecule has 0 radical (unpaired) electrons. The van der Waals surface area contributed by atoms with Crippen molar-refractivity contribution < 1.29 is 19.1 Å². The summed E-state index contributed by atoms with van der Waals surface area (Å²) in [5, 5.41) is 9.71. The molecule has 1 aromatic heterocycles. The standard InChI is InChI=1S/C26H27NO4/c1-16-23(27-25(31-16)18-5-3-2-4-6-18)13-14-30-20-10-12-21-19(15-20)9-11-22(21)24(26(28)29)17-7-8-17/h2-6,10,12,15,17,22,24H,7-9,11,13-14H2,1H3,(H,28,29).